The first-order valence-electron chi connectivity index (χ1n) is 38.5. The fraction of sp³-hybridized carbons (Fsp3) is 0. The van der Waals surface area contributed by atoms with Crippen molar-refractivity contribution in [2.45, 2.75) is 0 Å². The van der Waals surface area contributed by atoms with Gasteiger partial charge in [0.2, 0.25) is 0 Å². The number of rotatable bonds is 11. The normalized spacial score (nSPS) is 13.1. The Labute approximate surface area is 596 Å². The van der Waals surface area contributed by atoms with Crippen LogP contribution in [-0.4, -0.2) is 0 Å². The van der Waals surface area contributed by atoms with Gasteiger partial charge in [-0.05, 0) is 176 Å². The summed E-state index contributed by atoms with van der Waals surface area (Å²) < 4.78 is 118. The van der Waals surface area contributed by atoms with Crippen molar-refractivity contribution in [3.63, 3.8) is 0 Å². The lowest BCUT2D eigenvalue weighted by atomic mass is 9.98. The first-order chi connectivity index (χ1) is 54.1. The van der Waals surface area contributed by atoms with Gasteiger partial charge in [0, 0.05) is 70.0 Å². The second-order valence-electron chi connectivity index (χ2n) is 24.6. The number of hydrogen-bond acceptors (Lipinski definition) is 6. The maximum atomic E-state index is 9.37. The summed E-state index contributed by atoms with van der Waals surface area (Å²) in [6, 6.07) is 96.1. The number of anilines is 6. The lowest BCUT2D eigenvalue weighted by molar-refractivity contribution is 0.668. The van der Waals surface area contributed by atoms with Gasteiger partial charge in [-0.3, -0.25) is 0 Å². The predicted octanol–water partition coefficient (Wildman–Crippen LogP) is 27.9. The molecule has 16 aromatic carbocycles. The number of thiophene rings is 1. The van der Waals surface area contributed by atoms with Gasteiger partial charge in [-0.25, -0.2) is 0 Å². The molecular weight excluding hydrogens is 1240 g/mol. The molecule has 0 saturated carbocycles. The fourth-order valence-electron chi connectivity index (χ4n) is 14.0. The van der Waals surface area contributed by atoms with Gasteiger partial charge in [-0.1, -0.05) is 249 Å². The summed E-state index contributed by atoms with van der Waals surface area (Å²) in [5.41, 5.74) is 15.3. The number of nitrogens with zero attached hydrogens (tertiary/aromatic N) is 2. The van der Waals surface area contributed by atoms with E-state index in [9.17, 15) is 2.74 Å². The highest BCUT2D eigenvalue weighted by Crippen LogP contribution is 2.48. The maximum Gasteiger partial charge on any atom is 0.143 e. The van der Waals surface area contributed by atoms with Crippen molar-refractivity contribution in [3.8, 4) is 55.6 Å². The molecule has 20 aromatic rings. The van der Waals surface area contributed by atoms with Crippen molar-refractivity contribution in [2.24, 2.45) is 0 Å². The van der Waals surface area contributed by atoms with Crippen molar-refractivity contribution >= 4 is 142 Å². The summed E-state index contributed by atoms with van der Waals surface area (Å²) in [5.74, 6) is 0. The third-order valence-electron chi connectivity index (χ3n) is 18.8. The fourth-order valence-corrected chi connectivity index (χ4v) is 15.1. The minimum Gasteiger partial charge on any atom is -0.456 e. The molecule has 0 amide bonds. The smallest absolute Gasteiger partial charge is 0.143 e. The molecule has 0 N–H and O–H groups in total. The standard InChI is InChI=1S/C48H31NOS.C46H29NO2/c1-2-10-32(11-3-1)35-12-8-13-36(30-35)33-20-25-38(26-21-33)49(43-16-9-18-45-48(43)41-15-4-6-17-44(41)50-45)39-27-22-34(23-28-39)37-24-29-47-42(31-37)40-14-5-7-19-46(40)51-47;1-2-12-35-30(10-1)11-7-15-36(35)31-22-26-33(27-23-31)47(41-18-9-21-44-45(41)40-14-4-6-20-43(40)48-44)34-28-24-32(25-29-34)37-16-8-17-39-38-13-3-5-19-42(38)49-46(37)39/h1-31H;1-29H/i8D,12D,13D,30D;4D,6D,9D,14D,18D,20D,21D. The monoisotopic (exact) mass is 1310 g/mol. The van der Waals surface area contributed by atoms with E-state index < -0.39 is 24.2 Å². The quantitative estimate of drug-likeness (QED) is 0.129. The molecule has 470 valence electrons. The molecule has 0 aliphatic carbocycles. The van der Waals surface area contributed by atoms with Gasteiger partial charge in [0.15, 0.2) is 0 Å². The zero-order valence-corrected chi connectivity index (χ0v) is 54.1. The van der Waals surface area contributed by atoms with E-state index in [2.05, 4.69) is 108 Å². The Hall–Kier alpha value is -13.0. The number of furan rings is 3. The number of benzene rings is 16. The van der Waals surface area contributed by atoms with Crippen LogP contribution >= 0.6 is 11.3 Å². The van der Waals surface area contributed by atoms with Crippen LogP contribution in [0.5, 0.6) is 0 Å². The summed E-state index contributed by atoms with van der Waals surface area (Å²) >= 11 is 1.82. The second kappa shape index (κ2) is 24.6. The summed E-state index contributed by atoms with van der Waals surface area (Å²) in [6.45, 7) is 0. The van der Waals surface area contributed by atoms with E-state index in [1.165, 1.54) is 20.2 Å². The first-order valence-corrected chi connectivity index (χ1v) is 33.8. The summed E-state index contributed by atoms with van der Waals surface area (Å²) in [6.07, 6.45) is 0. The Morgan fingerprint density at radius 1 is 0.260 bits per heavy atom. The molecule has 4 heterocycles. The summed E-state index contributed by atoms with van der Waals surface area (Å²) in [5, 5.41) is 9.02. The first kappa shape index (κ1) is 47.8. The third-order valence-corrected chi connectivity index (χ3v) is 19.9. The lowest BCUT2D eigenvalue weighted by Crippen LogP contribution is -2.10. The topological polar surface area (TPSA) is 45.9 Å². The van der Waals surface area contributed by atoms with Gasteiger partial charge >= 0.3 is 0 Å². The van der Waals surface area contributed by atoms with Crippen LogP contribution < -0.4 is 9.80 Å². The molecular formula is C94H60N2O3S. The van der Waals surface area contributed by atoms with E-state index in [0.29, 0.717) is 33.6 Å². The molecule has 5 nitrogen and oxygen atoms in total. The minimum atomic E-state index is -0.470. The molecule has 0 atom stereocenters. The molecule has 0 radical (unpaired) electrons. The van der Waals surface area contributed by atoms with E-state index in [1.54, 1.807) is 4.90 Å². The SMILES string of the molecule is [2H]c1c([2H])c(-c2ccccc2)c([2H])c(-c2ccc(N(c3ccc(-c4ccc5sc6ccccc6c5c4)cc3)c3cccc4oc5ccccc5c34)cc2)c1[2H].[2H]c1c([2H])c([2H])c2c(oc3c([2H])c([2H])c([2H])c(N(c4ccc(-c5cccc6ccccc56)cc4)c4ccc(-c5cccc6c5oc5ccccc56)cc4)c32)c1[2H]. The average Bonchev–Trinajstić information content (AvgIpc) is 1.55. The number of para-hydroxylation sites is 4. The zero-order valence-electron chi connectivity index (χ0n) is 64.3. The molecule has 0 fully saturated rings. The van der Waals surface area contributed by atoms with Crippen LogP contribution in [0.25, 0.3) is 152 Å². The molecule has 6 heteroatoms. The highest BCUT2D eigenvalue weighted by molar-refractivity contribution is 7.25. The molecule has 0 bridgehead atoms. The molecule has 0 spiro atoms. The van der Waals surface area contributed by atoms with Crippen molar-refractivity contribution < 1.29 is 28.3 Å². The van der Waals surface area contributed by atoms with Crippen LogP contribution in [0, 0.1) is 0 Å². The van der Waals surface area contributed by atoms with Crippen LogP contribution in [0.2, 0.25) is 0 Å². The Morgan fingerprint density at radius 3 is 1.50 bits per heavy atom. The van der Waals surface area contributed by atoms with Crippen LogP contribution in [0.3, 0.4) is 0 Å². The second-order valence-corrected chi connectivity index (χ2v) is 25.7. The molecule has 0 unspecified atom stereocenters. The van der Waals surface area contributed by atoms with Crippen LogP contribution in [-0.2, 0) is 0 Å². The van der Waals surface area contributed by atoms with Crippen molar-refractivity contribution in [3.05, 3.63) is 364 Å². The Morgan fingerprint density at radius 2 is 0.750 bits per heavy atom. The van der Waals surface area contributed by atoms with Crippen LogP contribution in [0.15, 0.2) is 377 Å². The minimum absolute atomic E-state index is 0.0496. The molecule has 20 rings (SSSR count). The van der Waals surface area contributed by atoms with E-state index in [4.69, 9.17) is 25.6 Å². The maximum absolute atomic E-state index is 9.37. The molecule has 100 heavy (non-hydrogen) atoms. The van der Waals surface area contributed by atoms with Crippen molar-refractivity contribution in [2.75, 3.05) is 9.80 Å². The van der Waals surface area contributed by atoms with Crippen LogP contribution in [0.1, 0.15) is 15.1 Å². The molecule has 0 saturated heterocycles. The Kier molecular flexibility index (Phi) is 11.8. The number of fused-ring (bicyclic) bond motifs is 13. The highest BCUT2D eigenvalue weighted by Gasteiger charge is 2.23. The average molecular weight is 1310 g/mol. The molecule has 0 aliphatic rings. The summed E-state index contributed by atoms with van der Waals surface area (Å²) in [7, 11) is 0. The van der Waals surface area contributed by atoms with Gasteiger partial charge in [0.05, 0.1) is 37.2 Å². The molecule has 4 aromatic heterocycles. The van der Waals surface area contributed by atoms with E-state index in [1.807, 2.05) is 205 Å². The Balaban J connectivity index is 0.000000150. The largest absolute Gasteiger partial charge is 0.456 e. The van der Waals surface area contributed by atoms with Crippen molar-refractivity contribution in [1.29, 1.82) is 0 Å². The van der Waals surface area contributed by atoms with Crippen LogP contribution in [0.4, 0.5) is 34.1 Å². The highest BCUT2D eigenvalue weighted by atomic mass is 32.1. The Bertz CT molecular complexity index is 7160. The van der Waals surface area contributed by atoms with E-state index in [-0.39, 0.29) is 69.9 Å². The zero-order chi connectivity index (χ0) is 75.6. The molecule has 0 aliphatic heterocycles. The van der Waals surface area contributed by atoms with Gasteiger partial charge in [-0.15, -0.1) is 11.3 Å². The summed E-state index contributed by atoms with van der Waals surface area (Å²) in [4.78, 5) is 4.02. The predicted molar refractivity (Wildman–Crippen MR) is 422 cm³/mol. The number of hydrogen-bond donors (Lipinski definition) is 0. The van der Waals surface area contributed by atoms with Gasteiger partial charge in [-0.2, -0.15) is 0 Å². The van der Waals surface area contributed by atoms with Gasteiger partial charge in [0.25, 0.3) is 0 Å². The van der Waals surface area contributed by atoms with E-state index in [0.717, 1.165) is 105 Å². The van der Waals surface area contributed by atoms with E-state index >= 15 is 0 Å². The van der Waals surface area contributed by atoms with Gasteiger partial charge in [0.1, 0.15) is 33.5 Å². The third kappa shape index (κ3) is 10.3. The lowest BCUT2D eigenvalue weighted by Gasteiger charge is -2.26. The van der Waals surface area contributed by atoms with Crippen molar-refractivity contribution in [1.82, 2.24) is 0 Å². The van der Waals surface area contributed by atoms with Gasteiger partial charge < -0.3 is 23.1 Å².